The molecule has 28 heavy (non-hydrogen) atoms. The van der Waals surface area contributed by atoms with Crippen molar-refractivity contribution in [2.45, 2.75) is 13.5 Å². The Morgan fingerprint density at radius 3 is 2.61 bits per heavy atom. The van der Waals surface area contributed by atoms with Crippen molar-refractivity contribution in [1.29, 1.82) is 0 Å². The van der Waals surface area contributed by atoms with Crippen LogP contribution in [0, 0.1) is 20.6 Å². The van der Waals surface area contributed by atoms with Gasteiger partial charge in [-0.1, -0.05) is 29.4 Å². The van der Waals surface area contributed by atoms with Crippen LogP contribution < -0.4 is 9.47 Å². The summed E-state index contributed by atoms with van der Waals surface area (Å²) in [7, 11) is 1.56. The Morgan fingerprint density at radius 1 is 1.18 bits per heavy atom. The molecule has 8 heteroatoms. The first-order chi connectivity index (χ1) is 13.5. The SMILES string of the molecule is COc1cc(/C=C/c2onc(C)c2[N+](=O)[O-])ccc1OCc1ccc(I)cc1. The highest BCUT2D eigenvalue weighted by molar-refractivity contribution is 14.1. The lowest BCUT2D eigenvalue weighted by Crippen LogP contribution is -1.98. The molecule has 0 aliphatic carbocycles. The highest BCUT2D eigenvalue weighted by Crippen LogP contribution is 2.30. The van der Waals surface area contributed by atoms with Gasteiger partial charge in [0.25, 0.3) is 0 Å². The van der Waals surface area contributed by atoms with Crippen LogP contribution in [0.5, 0.6) is 11.5 Å². The van der Waals surface area contributed by atoms with Crippen LogP contribution in [0.3, 0.4) is 0 Å². The van der Waals surface area contributed by atoms with Crippen molar-refractivity contribution in [3.63, 3.8) is 0 Å². The maximum Gasteiger partial charge on any atom is 0.338 e. The van der Waals surface area contributed by atoms with Gasteiger partial charge in [-0.05, 0) is 71.0 Å². The number of aromatic nitrogens is 1. The maximum atomic E-state index is 11.1. The quantitative estimate of drug-likeness (QED) is 0.254. The van der Waals surface area contributed by atoms with E-state index in [-0.39, 0.29) is 17.1 Å². The molecular weight excluding hydrogens is 475 g/mol. The van der Waals surface area contributed by atoms with Crippen molar-refractivity contribution >= 4 is 40.4 Å². The van der Waals surface area contributed by atoms with Gasteiger partial charge >= 0.3 is 5.69 Å². The number of hydrogen-bond donors (Lipinski definition) is 0. The lowest BCUT2D eigenvalue weighted by Gasteiger charge is -2.11. The second kappa shape index (κ2) is 8.87. The molecule has 7 nitrogen and oxygen atoms in total. The number of rotatable bonds is 7. The third kappa shape index (κ3) is 4.69. The minimum Gasteiger partial charge on any atom is -0.493 e. The average molecular weight is 492 g/mol. The van der Waals surface area contributed by atoms with Crippen LogP contribution in [0.1, 0.15) is 22.6 Å². The topological polar surface area (TPSA) is 87.6 Å². The van der Waals surface area contributed by atoms with Gasteiger partial charge in [-0.25, -0.2) is 0 Å². The fraction of sp³-hybridized carbons (Fsp3) is 0.150. The maximum absolute atomic E-state index is 11.1. The van der Waals surface area contributed by atoms with E-state index in [1.165, 1.54) is 13.0 Å². The molecule has 3 aromatic rings. The van der Waals surface area contributed by atoms with Crippen molar-refractivity contribution in [1.82, 2.24) is 5.16 Å². The third-order valence-corrected chi connectivity index (χ3v) is 4.68. The van der Waals surface area contributed by atoms with Crippen molar-refractivity contribution in [2.24, 2.45) is 0 Å². The van der Waals surface area contributed by atoms with Crippen LogP contribution in [0.2, 0.25) is 0 Å². The molecule has 0 radical (unpaired) electrons. The summed E-state index contributed by atoms with van der Waals surface area (Å²) < 4.78 is 17.4. The normalized spacial score (nSPS) is 11.0. The zero-order chi connectivity index (χ0) is 20.1. The Morgan fingerprint density at radius 2 is 1.93 bits per heavy atom. The number of hydrogen-bond acceptors (Lipinski definition) is 6. The second-order valence-corrected chi connectivity index (χ2v) is 7.14. The summed E-state index contributed by atoms with van der Waals surface area (Å²) in [6.07, 6.45) is 3.21. The Kier molecular flexibility index (Phi) is 6.30. The molecule has 0 atom stereocenters. The highest BCUT2D eigenvalue weighted by atomic mass is 127. The van der Waals surface area contributed by atoms with Crippen LogP contribution in [0.4, 0.5) is 5.69 Å². The molecule has 0 saturated heterocycles. The van der Waals surface area contributed by atoms with Crippen molar-refractivity contribution in [3.05, 3.63) is 78.7 Å². The standard InChI is InChI=1S/C20H17IN2O5/c1-13-20(23(24)25)18(28-22-13)10-6-14-5-9-17(19(11-14)26-2)27-12-15-3-7-16(21)8-4-15/h3-11H,12H2,1-2H3/b10-6+. The van der Waals surface area contributed by atoms with E-state index in [9.17, 15) is 10.1 Å². The first-order valence-corrected chi connectivity index (χ1v) is 9.40. The number of benzene rings is 2. The minimum atomic E-state index is -0.506. The molecule has 144 valence electrons. The zero-order valence-electron chi connectivity index (χ0n) is 15.2. The van der Waals surface area contributed by atoms with Crippen LogP contribution in [0.15, 0.2) is 47.0 Å². The third-order valence-electron chi connectivity index (χ3n) is 3.96. The molecule has 2 aromatic carbocycles. The molecule has 0 spiro atoms. The number of nitro groups is 1. The summed E-state index contributed by atoms with van der Waals surface area (Å²) in [5, 5.41) is 14.7. The molecule has 1 heterocycles. The monoisotopic (exact) mass is 492 g/mol. The van der Waals surface area contributed by atoms with Crippen molar-refractivity contribution in [3.8, 4) is 11.5 Å². The van der Waals surface area contributed by atoms with Crippen molar-refractivity contribution in [2.75, 3.05) is 7.11 Å². The second-order valence-electron chi connectivity index (χ2n) is 5.90. The van der Waals surface area contributed by atoms with E-state index < -0.39 is 4.92 Å². The van der Waals surface area contributed by atoms with E-state index in [1.54, 1.807) is 25.3 Å². The number of nitrogens with zero attached hydrogens (tertiary/aromatic N) is 2. The van der Waals surface area contributed by atoms with Gasteiger partial charge in [-0.2, -0.15) is 0 Å². The number of methoxy groups -OCH3 is 1. The van der Waals surface area contributed by atoms with Crippen LogP contribution in [-0.4, -0.2) is 17.2 Å². The van der Waals surface area contributed by atoms with Gasteiger partial charge in [-0.3, -0.25) is 10.1 Å². The molecule has 0 aliphatic heterocycles. The van der Waals surface area contributed by atoms with Gasteiger partial charge in [0.05, 0.1) is 12.0 Å². The molecule has 0 fully saturated rings. The molecule has 0 N–H and O–H groups in total. The molecule has 0 saturated carbocycles. The Labute approximate surface area is 175 Å². The Hall–Kier alpha value is -2.88. The molecular formula is C20H17IN2O5. The molecule has 0 amide bonds. The number of aryl methyl sites for hydroxylation is 1. The predicted octanol–water partition coefficient (Wildman–Crippen LogP) is 5.25. The van der Waals surface area contributed by atoms with E-state index >= 15 is 0 Å². The lowest BCUT2D eigenvalue weighted by atomic mass is 10.1. The molecule has 0 aliphatic rings. The van der Waals surface area contributed by atoms with Gasteiger partial charge in [0.2, 0.25) is 5.76 Å². The summed E-state index contributed by atoms with van der Waals surface area (Å²) in [6, 6.07) is 13.5. The van der Waals surface area contributed by atoms with E-state index in [2.05, 4.69) is 27.7 Å². The van der Waals surface area contributed by atoms with Crippen LogP contribution in [0.25, 0.3) is 12.2 Å². The van der Waals surface area contributed by atoms with Gasteiger partial charge in [0.15, 0.2) is 17.2 Å². The Bertz CT molecular complexity index is 1010. The van der Waals surface area contributed by atoms with Crippen molar-refractivity contribution < 1.29 is 18.9 Å². The van der Waals surface area contributed by atoms with E-state index in [0.717, 1.165) is 14.7 Å². The molecule has 1 aromatic heterocycles. The summed E-state index contributed by atoms with van der Waals surface area (Å²) in [5.74, 6) is 1.27. The van der Waals surface area contributed by atoms with E-state index in [0.29, 0.717) is 18.1 Å². The first-order valence-electron chi connectivity index (χ1n) is 8.32. The molecule has 0 bridgehead atoms. The average Bonchev–Trinajstić information content (AvgIpc) is 3.07. The number of halogens is 1. The first kappa shape index (κ1) is 19.9. The summed E-state index contributed by atoms with van der Waals surface area (Å²) in [5.41, 5.74) is 1.93. The van der Waals surface area contributed by atoms with Gasteiger partial charge in [-0.15, -0.1) is 0 Å². The lowest BCUT2D eigenvalue weighted by molar-refractivity contribution is -0.386. The van der Waals surface area contributed by atoms with Crippen LogP contribution >= 0.6 is 22.6 Å². The zero-order valence-corrected chi connectivity index (χ0v) is 17.4. The number of ether oxygens (including phenoxy) is 2. The summed E-state index contributed by atoms with van der Waals surface area (Å²) >= 11 is 2.25. The minimum absolute atomic E-state index is 0.0977. The summed E-state index contributed by atoms with van der Waals surface area (Å²) in [4.78, 5) is 10.6. The van der Waals surface area contributed by atoms with E-state index in [4.69, 9.17) is 14.0 Å². The molecule has 0 unspecified atom stereocenters. The van der Waals surface area contributed by atoms with Crippen LogP contribution in [-0.2, 0) is 6.61 Å². The predicted molar refractivity (Wildman–Crippen MR) is 113 cm³/mol. The van der Waals surface area contributed by atoms with Gasteiger partial charge in [0.1, 0.15) is 6.61 Å². The van der Waals surface area contributed by atoms with Gasteiger partial charge < -0.3 is 14.0 Å². The largest absolute Gasteiger partial charge is 0.493 e. The molecule has 3 rings (SSSR count). The smallest absolute Gasteiger partial charge is 0.338 e. The highest BCUT2D eigenvalue weighted by Gasteiger charge is 2.21. The fourth-order valence-corrected chi connectivity index (χ4v) is 2.89. The van der Waals surface area contributed by atoms with E-state index in [1.807, 2.05) is 30.3 Å². The van der Waals surface area contributed by atoms with Gasteiger partial charge in [0, 0.05) is 3.57 Å². The Balaban J connectivity index is 1.75. The fourth-order valence-electron chi connectivity index (χ4n) is 2.53. The summed E-state index contributed by atoms with van der Waals surface area (Å²) in [6.45, 7) is 1.95.